The smallest absolute Gasteiger partial charge is 0.163 e. The molecule has 0 unspecified atom stereocenters. The van der Waals surface area contributed by atoms with Crippen molar-refractivity contribution in [1.29, 1.82) is 0 Å². The van der Waals surface area contributed by atoms with Crippen molar-refractivity contribution in [1.82, 2.24) is 25.3 Å². The largest absolute Gasteiger partial charge is 0.494 e. The third-order valence-corrected chi connectivity index (χ3v) is 7.26. The molecule has 1 aliphatic heterocycles. The van der Waals surface area contributed by atoms with Crippen LogP contribution in [0.3, 0.4) is 0 Å². The first kappa shape index (κ1) is 27.4. The molecule has 5 rings (SSSR count). The minimum Gasteiger partial charge on any atom is -0.494 e. The van der Waals surface area contributed by atoms with Gasteiger partial charge in [-0.05, 0) is 97.8 Å². The molecule has 3 aromatic rings. The van der Waals surface area contributed by atoms with E-state index in [0.29, 0.717) is 46.0 Å². The van der Waals surface area contributed by atoms with Crippen LogP contribution in [0.15, 0.2) is 22.7 Å². The van der Waals surface area contributed by atoms with Gasteiger partial charge in [0.25, 0.3) is 0 Å². The van der Waals surface area contributed by atoms with Gasteiger partial charge in [0.2, 0.25) is 0 Å². The fraction of sp³-hybridized carbons (Fsp3) is 0.536. The molecule has 0 radical (unpaired) electrons. The van der Waals surface area contributed by atoms with Crippen LogP contribution in [0.2, 0.25) is 5.02 Å². The Morgan fingerprint density at radius 2 is 1.89 bits per heavy atom. The van der Waals surface area contributed by atoms with E-state index < -0.39 is 0 Å². The summed E-state index contributed by atoms with van der Waals surface area (Å²) < 4.78 is 11.1. The van der Waals surface area contributed by atoms with Gasteiger partial charge in [0, 0.05) is 17.2 Å². The molecule has 1 saturated carbocycles. The number of hydrogen-bond acceptors (Lipinski definition) is 8. The average Bonchev–Trinajstić information content (AvgIpc) is 3.70. The second-order valence-corrected chi connectivity index (χ2v) is 10.3. The number of ether oxygens (including phenoxy) is 1. The first-order valence-electron chi connectivity index (χ1n) is 13.3. The topological polar surface area (TPSA) is 102 Å². The second-order valence-electron chi connectivity index (χ2n) is 9.88. The van der Waals surface area contributed by atoms with Crippen molar-refractivity contribution < 1.29 is 9.26 Å². The van der Waals surface area contributed by atoms with Crippen LogP contribution in [-0.2, 0) is 0 Å². The predicted octanol–water partition coefficient (Wildman–Crippen LogP) is 5.58. The summed E-state index contributed by atoms with van der Waals surface area (Å²) in [6, 6.07) is 6.46. The standard InChI is InChI=1S/C20H24ClN5O2.C8H15N/c1-11-18(17-12(2)26-28-13(17)3)24-20(25-19(11)22)15-10-14(6-7-16(15)21)27-9-5-8-23-4;1-2-6-9(7-3-1)8-4-5-8/h6-7,10,23H,5,8-9H2,1-4H3,(H2,22,24,25);8H,1-7H2. The van der Waals surface area contributed by atoms with Gasteiger partial charge in [-0.15, -0.1) is 0 Å². The Hall–Kier alpha value is -2.68. The van der Waals surface area contributed by atoms with Gasteiger partial charge in [0.1, 0.15) is 17.3 Å². The molecule has 0 amide bonds. The SMILES string of the molecule is C1CCN(C2CC2)CC1.CNCCCOc1ccc(Cl)c(-c2nc(N)c(C)c(-c3c(C)noc3C)n2)c1. The normalized spacial score (nSPS) is 15.8. The number of nitrogen functional groups attached to an aromatic ring is 1. The van der Waals surface area contributed by atoms with Crippen molar-refractivity contribution in [3.05, 3.63) is 40.2 Å². The first-order valence-corrected chi connectivity index (χ1v) is 13.7. The molecule has 9 heteroatoms. The Balaban J connectivity index is 0.000000295. The highest BCUT2D eigenvalue weighted by atomic mass is 35.5. The Kier molecular flexibility index (Phi) is 9.40. The maximum absolute atomic E-state index is 6.43. The number of nitrogens with one attached hydrogen (secondary N) is 1. The summed E-state index contributed by atoms with van der Waals surface area (Å²) in [6.07, 6.45) is 8.26. The Labute approximate surface area is 224 Å². The molecule has 2 fully saturated rings. The zero-order valence-electron chi connectivity index (χ0n) is 22.4. The van der Waals surface area contributed by atoms with Crippen LogP contribution in [-0.4, -0.2) is 59.4 Å². The lowest BCUT2D eigenvalue weighted by atomic mass is 10.1. The fourth-order valence-corrected chi connectivity index (χ4v) is 4.85. The van der Waals surface area contributed by atoms with Crippen molar-refractivity contribution in [2.75, 3.05) is 39.0 Å². The number of aromatic nitrogens is 3. The number of aryl methyl sites for hydroxylation is 2. The van der Waals surface area contributed by atoms with Crippen LogP contribution in [0.25, 0.3) is 22.6 Å². The third-order valence-electron chi connectivity index (χ3n) is 6.93. The highest BCUT2D eigenvalue weighted by Gasteiger charge is 2.29. The van der Waals surface area contributed by atoms with E-state index in [4.69, 9.17) is 31.6 Å². The quantitative estimate of drug-likeness (QED) is 0.366. The number of anilines is 1. The number of halogens is 1. The molecule has 3 N–H and O–H groups in total. The summed E-state index contributed by atoms with van der Waals surface area (Å²) in [4.78, 5) is 11.9. The van der Waals surface area contributed by atoms with Gasteiger partial charge in [0.05, 0.1) is 28.6 Å². The van der Waals surface area contributed by atoms with E-state index in [1.54, 1.807) is 6.07 Å². The minimum atomic E-state index is 0.386. The fourth-order valence-electron chi connectivity index (χ4n) is 4.65. The van der Waals surface area contributed by atoms with E-state index in [-0.39, 0.29) is 0 Å². The first-order chi connectivity index (χ1) is 17.9. The van der Waals surface area contributed by atoms with E-state index in [1.807, 2.05) is 40.0 Å². The molecule has 2 aliphatic rings. The maximum atomic E-state index is 6.43. The van der Waals surface area contributed by atoms with Crippen LogP contribution in [0.4, 0.5) is 5.82 Å². The van der Waals surface area contributed by atoms with E-state index in [1.165, 1.54) is 45.2 Å². The van der Waals surface area contributed by atoms with Gasteiger partial charge in [0.15, 0.2) is 5.82 Å². The molecular weight excluding hydrogens is 488 g/mol. The van der Waals surface area contributed by atoms with Crippen molar-refractivity contribution >= 4 is 17.4 Å². The van der Waals surface area contributed by atoms with Gasteiger partial charge in [-0.2, -0.15) is 0 Å². The monoisotopic (exact) mass is 526 g/mol. The number of rotatable bonds is 8. The molecular formula is C28H39ClN6O2. The summed E-state index contributed by atoms with van der Waals surface area (Å²) >= 11 is 6.43. The number of benzene rings is 1. The summed E-state index contributed by atoms with van der Waals surface area (Å²) in [7, 11) is 1.91. The molecule has 1 saturated heterocycles. The summed E-state index contributed by atoms with van der Waals surface area (Å²) in [5.41, 5.74) is 9.88. The molecule has 1 aliphatic carbocycles. The molecule has 200 valence electrons. The van der Waals surface area contributed by atoms with Crippen LogP contribution < -0.4 is 15.8 Å². The lowest BCUT2D eigenvalue weighted by Crippen LogP contribution is -2.31. The minimum absolute atomic E-state index is 0.386. The lowest BCUT2D eigenvalue weighted by Gasteiger charge is -2.25. The molecule has 0 spiro atoms. The molecule has 0 atom stereocenters. The van der Waals surface area contributed by atoms with Gasteiger partial charge in [-0.25, -0.2) is 9.97 Å². The Bertz CT molecular complexity index is 1170. The van der Waals surface area contributed by atoms with Crippen LogP contribution >= 0.6 is 11.6 Å². The maximum Gasteiger partial charge on any atom is 0.163 e. The average molecular weight is 527 g/mol. The molecule has 3 heterocycles. The number of nitrogens with zero attached hydrogens (tertiary/aromatic N) is 4. The van der Waals surface area contributed by atoms with E-state index in [2.05, 4.69) is 20.4 Å². The molecule has 0 bridgehead atoms. The highest BCUT2D eigenvalue weighted by Crippen LogP contribution is 2.35. The van der Waals surface area contributed by atoms with Crippen LogP contribution in [0, 0.1) is 20.8 Å². The molecule has 37 heavy (non-hydrogen) atoms. The van der Waals surface area contributed by atoms with Crippen molar-refractivity contribution in [2.45, 2.75) is 65.3 Å². The zero-order valence-corrected chi connectivity index (χ0v) is 23.2. The van der Waals surface area contributed by atoms with E-state index in [0.717, 1.165) is 35.8 Å². The summed E-state index contributed by atoms with van der Waals surface area (Å²) in [5.74, 6) is 2.20. The van der Waals surface area contributed by atoms with E-state index >= 15 is 0 Å². The molecule has 1 aromatic carbocycles. The van der Waals surface area contributed by atoms with Gasteiger partial charge in [-0.3, -0.25) is 0 Å². The lowest BCUT2D eigenvalue weighted by molar-refractivity contribution is 0.219. The Morgan fingerprint density at radius 1 is 1.14 bits per heavy atom. The van der Waals surface area contributed by atoms with Gasteiger partial charge < -0.3 is 25.2 Å². The van der Waals surface area contributed by atoms with Gasteiger partial charge in [-0.1, -0.05) is 23.2 Å². The van der Waals surface area contributed by atoms with Gasteiger partial charge >= 0.3 is 0 Å². The van der Waals surface area contributed by atoms with Crippen LogP contribution in [0.1, 0.15) is 55.5 Å². The number of piperidine rings is 1. The predicted molar refractivity (Wildman–Crippen MR) is 149 cm³/mol. The molecule has 8 nitrogen and oxygen atoms in total. The number of hydrogen-bond donors (Lipinski definition) is 2. The number of likely N-dealkylation sites (tertiary alicyclic amines) is 1. The van der Waals surface area contributed by atoms with E-state index in [9.17, 15) is 0 Å². The van der Waals surface area contributed by atoms with Crippen LogP contribution in [0.5, 0.6) is 5.75 Å². The van der Waals surface area contributed by atoms with Crippen molar-refractivity contribution in [2.24, 2.45) is 0 Å². The number of nitrogens with two attached hydrogens (primary N) is 1. The highest BCUT2D eigenvalue weighted by molar-refractivity contribution is 6.33. The van der Waals surface area contributed by atoms with Crippen molar-refractivity contribution in [3.8, 4) is 28.4 Å². The molecule has 2 aromatic heterocycles. The Morgan fingerprint density at radius 3 is 2.54 bits per heavy atom. The second kappa shape index (κ2) is 12.7. The summed E-state index contributed by atoms with van der Waals surface area (Å²) in [5, 5.41) is 7.64. The summed E-state index contributed by atoms with van der Waals surface area (Å²) in [6.45, 7) is 9.87. The zero-order chi connectivity index (χ0) is 26.4. The third kappa shape index (κ3) is 7.00. The van der Waals surface area contributed by atoms with Crippen molar-refractivity contribution in [3.63, 3.8) is 0 Å².